The topological polar surface area (TPSA) is 68.2 Å². The second kappa shape index (κ2) is 9.72. The molecule has 0 amide bonds. The van der Waals surface area contributed by atoms with Crippen LogP contribution < -0.4 is 10.4 Å². The maximum absolute atomic E-state index is 10.3. The Kier molecular flexibility index (Phi) is 7.50. The van der Waals surface area contributed by atoms with Crippen molar-refractivity contribution < 1.29 is 24.1 Å². The lowest BCUT2D eigenvalue weighted by molar-refractivity contribution is -0.217. The van der Waals surface area contributed by atoms with Gasteiger partial charge in [-0.15, -0.1) is 0 Å². The Labute approximate surface area is 180 Å². The van der Waals surface area contributed by atoms with E-state index in [2.05, 4.69) is 45.0 Å². The molecule has 0 spiro atoms. The summed E-state index contributed by atoms with van der Waals surface area (Å²) >= 11 is 0. The van der Waals surface area contributed by atoms with Crippen LogP contribution in [0, 0.1) is 0 Å². The summed E-state index contributed by atoms with van der Waals surface area (Å²) in [7, 11) is -1.20. The van der Waals surface area contributed by atoms with Crippen molar-refractivity contribution in [2.24, 2.45) is 0 Å². The lowest BCUT2D eigenvalue weighted by Crippen LogP contribution is -2.69. The second-order valence-corrected chi connectivity index (χ2v) is 13.2. The van der Waals surface area contributed by atoms with Gasteiger partial charge in [-0.2, -0.15) is 0 Å². The predicted octanol–water partition coefficient (Wildman–Crippen LogP) is 2.44. The standard InChI is InChI=1S/C24H34O5Si/c1-24(2,3)30(19-11-7-5-8-12-19,20-13-9-6-10-14-20)29-22(17-25)21-15-18(27-4)16-23(26)28-21/h5-14,18,21-23,25-26H,15-17H2,1-4H3/t18-,21-,22-,23-/m1/s1. The van der Waals surface area contributed by atoms with Gasteiger partial charge in [0, 0.05) is 20.0 Å². The van der Waals surface area contributed by atoms with Crippen LogP contribution in [0.15, 0.2) is 60.7 Å². The van der Waals surface area contributed by atoms with E-state index in [9.17, 15) is 10.2 Å². The van der Waals surface area contributed by atoms with Crippen LogP contribution in [0.3, 0.4) is 0 Å². The summed E-state index contributed by atoms with van der Waals surface area (Å²) in [6.07, 6.45) is -1.10. The molecule has 1 aliphatic heterocycles. The third-order valence-electron chi connectivity index (χ3n) is 5.96. The van der Waals surface area contributed by atoms with Crippen molar-refractivity contribution in [3.8, 4) is 0 Å². The lowest BCUT2D eigenvalue weighted by Gasteiger charge is -2.47. The van der Waals surface area contributed by atoms with E-state index in [-0.39, 0.29) is 17.7 Å². The molecule has 1 heterocycles. The highest BCUT2D eigenvalue weighted by atomic mass is 28.4. The van der Waals surface area contributed by atoms with Crippen LogP contribution in [0.25, 0.3) is 0 Å². The summed E-state index contributed by atoms with van der Waals surface area (Å²) < 4.78 is 18.3. The highest BCUT2D eigenvalue weighted by Gasteiger charge is 2.52. The van der Waals surface area contributed by atoms with E-state index in [1.807, 2.05) is 36.4 Å². The third kappa shape index (κ3) is 4.69. The Morgan fingerprint density at radius 2 is 1.53 bits per heavy atom. The van der Waals surface area contributed by atoms with E-state index >= 15 is 0 Å². The van der Waals surface area contributed by atoms with Crippen molar-refractivity contribution in [3.63, 3.8) is 0 Å². The fourth-order valence-corrected chi connectivity index (χ4v) is 9.17. The first-order chi connectivity index (χ1) is 14.3. The van der Waals surface area contributed by atoms with Crippen LogP contribution in [0.2, 0.25) is 5.04 Å². The highest BCUT2D eigenvalue weighted by Crippen LogP contribution is 2.38. The number of hydrogen-bond acceptors (Lipinski definition) is 5. The van der Waals surface area contributed by atoms with Crippen LogP contribution in [-0.4, -0.2) is 56.8 Å². The van der Waals surface area contributed by atoms with Gasteiger partial charge in [-0.05, 0) is 15.4 Å². The fourth-order valence-electron chi connectivity index (χ4n) is 4.47. The first-order valence-electron chi connectivity index (χ1n) is 10.6. The maximum atomic E-state index is 10.3. The number of aliphatic hydroxyl groups excluding tert-OH is 2. The Morgan fingerprint density at radius 1 is 1.00 bits per heavy atom. The van der Waals surface area contributed by atoms with E-state index in [0.29, 0.717) is 12.8 Å². The summed E-state index contributed by atoms with van der Waals surface area (Å²) in [6.45, 7) is 6.39. The minimum atomic E-state index is -2.83. The molecule has 4 atom stereocenters. The first kappa shape index (κ1) is 23.1. The quantitative estimate of drug-likeness (QED) is 0.661. The maximum Gasteiger partial charge on any atom is 0.261 e. The van der Waals surface area contributed by atoms with E-state index in [0.717, 1.165) is 10.4 Å². The summed E-state index contributed by atoms with van der Waals surface area (Å²) in [5.74, 6) is 0. The molecule has 0 radical (unpaired) electrons. The van der Waals surface area contributed by atoms with Gasteiger partial charge >= 0.3 is 0 Å². The minimum Gasteiger partial charge on any atom is -0.399 e. The van der Waals surface area contributed by atoms with E-state index < -0.39 is 26.8 Å². The first-order valence-corrected chi connectivity index (χ1v) is 12.5. The molecule has 1 saturated heterocycles. The Morgan fingerprint density at radius 3 is 1.97 bits per heavy atom. The molecule has 0 unspecified atom stereocenters. The van der Waals surface area contributed by atoms with Crippen molar-refractivity contribution in [1.82, 2.24) is 0 Å². The lowest BCUT2D eigenvalue weighted by atomic mass is 10.0. The van der Waals surface area contributed by atoms with Crippen molar-refractivity contribution in [2.75, 3.05) is 13.7 Å². The zero-order valence-electron chi connectivity index (χ0n) is 18.3. The smallest absolute Gasteiger partial charge is 0.261 e. The Bertz CT molecular complexity index is 738. The molecule has 164 valence electrons. The summed E-state index contributed by atoms with van der Waals surface area (Å²) in [6, 6.07) is 20.6. The van der Waals surface area contributed by atoms with Crippen molar-refractivity contribution in [3.05, 3.63) is 60.7 Å². The Balaban J connectivity index is 2.08. The zero-order valence-corrected chi connectivity index (χ0v) is 19.3. The molecule has 6 heteroatoms. The van der Waals surface area contributed by atoms with Crippen molar-refractivity contribution >= 4 is 18.7 Å². The molecular formula is C24H34O5Si. The molecule has 5 nitrogen and oxygen atoms in total. The van der Waals surface area contributed by atoms with Crippen LogP contribution in [0.4, 0.5) is 0 Å². The van der Waals surface area contributed by atoms with Gasteiger partial charge < -0.3 is 24.1 Å². The van der Waals surface area contributed by atoms with E-state index in [1.54, 1.807) is 7.11 Å². The molecule has 0 bridgehead atoms. The largest absolute Gasteiger partial charge is 0.399 e. The molecule has 2 aromatic carbocycles. The molecule has 2 N–H and O–H groups in total. The van der Waals surface area contributed by atoms with Gasteiger partial charge in [0.2, 0.25) is 0 Å². The van der Waals surface area contributed by atoms with Crippen molar-refractivity contribution in [1.29, 1.82) is 0 Å². The molecule has 30 heavy (non-hydrogen) atoms. The number of benzene rings is 2. The molecule has 3 rings (SSSR count). The molecule has 0 saturated carbocycles. The van der Waals surface area contributed by atoms with Crippen LogP contribution in [-0.2, 0) is 13.9 Å². The van der Waals surface area contributed by atoms with Crippen LogP contribution >= 0.6 is 0 Å². The SMILES string of the molecule is CO[C@H]1C[C@H](O)O[C@@H]([C@@H](CO)O[Si](c2ccccc2)(c2ccccc2)C(C)(C)C)C1. The average Bonchev–Trinajstić information content (AvgIpc) is 2.74. The molecule has 1 fully saturated rings. The van der Waals surface area contributed by atoms with Gasteiger partial charge in [-0.25, -0.2) is 0 Å². The molecular weight excluding hydrogens is 396 g/mol. The number of rotatable bonds is 7. The van der Waals surface area contributed by atoms with Gasteiger partial charge in [0.15, 0.2) is 6.29 Å². The predicted molar refractivity (Wildman–Crippen MR) is 120 cm³/mol. The van der Waals surface area contributed by atoms with E-state index in [1.165, 1.54) is 0 Å². The van der Waals surface area contributed by atoms with Gasteiger partial charge in [0.1, 0.15) is 0 Å². The number of aliphatic hydroxyl groups is 2. The molecule has 2 aromatic rings. The summed E-state index contributed by atoms with van der Waals surface area (Å²) in [5, 5.41) is 22.6. The van der Waals surface area contributed by atoms with Crippen LogP contribution in [0.1, 0.15) is 33.6 Å². The van der Waals surface area contributed by atoms with Gasteiger partial charge in [0.25, 0.3) is 8.32 Å². The number of hydrogen-bond donors (Lipinski definition) is 2. The monoisotopic (exact) mass is 430 g/mol. The fraction of sp³-hybridized carbons (Fsp3) is 0.500. The van der Waals surface area contributed by atoms with Gasteiger partial charge in [-0.3, -0.25) is 0 Å². The van der Waals surface area contributed by atoms with Crippen LogP contribution in [0.5, 0.6) is 0 Å². The summed E-state index contributed by atoms with van der Waals surface area (Å²) in [5.41, 5.74) is 0. The normalized spacial score (nSPS) is 23.9. The summed E-state index contributed by atoms with van der Waals surface area (Å²) in [4.78, 5) is 0. The Hall–Kier alpha value is -1.54. The highest BCUT2D eigenvalue weighted by molar-refractivity contribution is 6.99. The molecule has 0 aromatic heterocycles. The third-order valence-corrected chi connectivity index (χ3v) is 11.0. The van der Waals surface area contributed by atoms with Gasteiger partial charge in [0.05, 0.1) is 24.9 Å². The zero-order chi connectivity index (χ0) is 21.8. The number of methoxy groups -OCH3 is 1. The molecule has 0 aliphatic carbocycles. The minimum absolute atomic E-state index is 0.129. The van der Waals surface area contributed by atoms with Gasteiger partial charge in [-0.1, -0.05) is 81.4 Å². The molecule has 1 aliphatic rings. The second-order valence-electron chi connectivity index (χ2n) is 8.96. The average molecular weight is 431 g/mol. The van der Waals surface area contributed by atoms with E-state index in [4.69, 9.17) is 13.9 Å². The number of ether oxygens (including phenoxy) is 2. The van der Waals surface area contributed by atoms with Crippen molar-refractivity contribution in [2.45, 2.75) is 63.3 Å².